The Morgan fingerprint density at radius 1 is 1.07 bits per heavy atom. The van der Waals surface area contributed by atoms with E-state index in [1.165, 1.54) is 0 Å². The average molecular weight is 425 g/mol. The SMILES string of the molecule is CCCCC(Oc1cc(Cl)cc(Cl)c1)c1nc(N)nc(N2CCN(C)CC2)n1. The van der Waals surface area contributed by atoms with E-state index in [-0.39, 0.29) is 12.1 Å². The smallest absolute Gasteiger partial charge is 0.230 e. The van der Waals surface area contributed by atoms with Crippen LogP contribution in [0.3, 0.4) is 0 Å². The zero-order chi connectivity index (χ0) is 20.1. The molecule has 9 heteroatoms. The minimum absolute atomic E-state index is 0.202. The molecule has 1 aliphatic rings. The Bertz CT molecular complexity index is 778. The summed E-state index contributed by atoms with van der Waals surface area (Å²) in [6.45, 7) is 5.74. The van der Waals surface area contributed by atoms with E-state index < -0.39 is 0 Å². The highest BCUT2D eigenvalue weighted by Crippen LogP contribution is 2.30. The van der Waals surface area contributed by atoms with Gasteiger partial charge in [-0.2, -0.15) is 15.0 Å². The Morgan fingerprint density at radius 2 is 1.75 bits per heavy atom. The summed E-state index contributed by atoms with van der Waals surface area (Å²) in [5.41, 5.74) is 6.00. The van der Waals surface area contributed by atoms with Gasteiger partial charge in [0.25, 0.3) is 0 Å². The van der Waals surface area contributed by atoms with E-state index in [9.17, 15) is 0 Å². The third kappa shape index (κ3) is 5.59. The van der Waals surface area contributed by atoms with Crippen molar-refractivity contribution < 1.29 is 4.74 Å². The lowest BCUT2D eigenvalue weighted by Crippen LogP contribution is -2.45. The number of unbranched alkanes of at least 4 members (excludes halogenated alkanes) is 1. The lowest BCUT2D eigenvalue weighted by molar-refractivity contribution is 0.181. The normalized spacial score (nSPS) is 16.2. The summed E-state index contributed by atoms with van der Waals surface area (Å²) in [4.78, 5) is 17.8. The summed E-state index contributed by atoms with van der Waals surface area (Å²) >= 11 is 12.2. The Labute approximate surface area is 175 Å². The number of hydrogen-bond acceptors (Lipinski definition) is 7. The maximum atomic E-state index is 6.17. The van der Waals surface area contributed by atoms with Gasteiger partial charge in [-0.05, 0) is 38.1 Å². The summed E-state index contributed by atoms with van der Waals surface area (Å²) < 4.78 is 6.17. The monoisotopic (exact) mass is 424 g/mol. The van der Waals surface area contributed by atoms with Crippen molar-refractivity contribution in [3.63, 3.8) is 0 Å². The van der Waals surface area contributed by atoms with E-state index in [4.69, 9.17) is 38.7 Å². The molecule has 1 atom stereocenters. The van der Waals surface area contributed by atoms with Gasteiger partial charge in [0, 0.05) is 36.2 Å². The third-order valence-corrected chi connectivity index (χ3v) is 5.10. The van der Waals surface area contributed by atoms with Crippen molar-refractivity contribution in [2.24, 2.45) is 0 Å². The van der Waals surface area contributed by atoms with Crippen LogP contribution in [0.5, 0.6) is 5.75 Å². The minimum atomic E-state index is -0.356. The maximum Gasteiger partial charge on any atom is 0.230 e. The summed E-state index contributed by atoms with van der Waals surface area (Å²) in [5.74, 6) is 1.92. The van der Waals surface area contributed by atoms with Gasteiger partial charge in [0.2, 0.25) is 11.9 Å². The molecule has 1 aromatic carbocycles. The molecule has 7 nitrogen and oxygen atoms in total. The first-order valence-electron chi connectivity index (χ1n) is 9.52. The molecule has 0 amide bonds. The van der Waals surface area contributed by atoms with Crippen molar-refractivity contribution in [1.29, 1.82) is 0 Å². The second kappa shape index (κ2) is 9.58. The van der Waals surface area contributed by atoms with Crippen LogP contribution in [0.25, 0.3) is 0 Å². The quantitative estimate of drug-likeness (QED) is 0.722. The van der Waals surface area contributed by atoms with Crippen molar-refractivity contribution in [2.45, 2.75) is 32.3 Å². The third-order valence-electron chi connectivity index (χ3n) is 4.67. The number of rotatable bonds is 7. The first kappa shape index (κ1) is 20.9. The fraction of sp³-hybridized carbons (Fsp3) is 0.526. The number of halogens is 2. The van der Waals surface area contributed by atoms with E-state index >= 15 is 0 Å². The molecule has 3 rings (SSSR count). The van der Waals surface area contributed by atoms with Gasteiger partial charge < -0.3 is 20.3 Å². The first-order valence-corrected chi connectivity index (χ1v) is 10.3. The second-order valence-corrected chi connectivity index (χ2v) is 7.87. The number of nitrogens with two attached hydrogens (primary N) is 1. The van der Waals surface area contributed by atoms with Crippen molar-refractivity contribution in [2.75, 3.05) is 43.9 Å². The molecule has 1 unspecified atom stereocenters. The van der Waals surface area contributed by atoms with Crippen LogP contribution >= 0.6 is 23.2 Å². The van der Waals surface area contributed by atoms with Gasteiger partial charge in [0.15, 0.2) is 11.9 Å². The van der Waals surface area contributed by atoms with Crippen molar-refractivity contribution >= 4 is 35.1 Å². The van der Waals surface area contributed by atoms with Gasteiger partial charge >= 0.3 is 0 Å². The Morgan fingerprint density at radius 3 is 2.39 bits per heavy atom. The van der Waals surface area contributed by atoms with Crippen LogP contribution in [0, 0.1) is 0 Å². The molecule has 1 aromatic heterocycles. The number of nitrogen functional groups attached to an aromatic ring is 1. The van der Waals surface area contributed by atoms with Gasteiger partial charge in [-0.1, -0.05) is 36.5 Å². The van der Waals surface area contributed by atoms with Crippen LogP contribution in [0.15, 0.2) is 18.2 Å². The molecular weight excluding hydrogens is 399 g/mol. The molecule has 152 valence electrons. The minimum Gasteiger partial charge on any atom is -0.482 e. The molecule has 28 heavy (non-hydrogen) atoms. The Hall–Kier alpha value is -1.83. The highest BCUT2D eigenvalue weighted by atomic mass is 35.5. The van der Waals surface area contributed by atoms with Gasteiger partial charge in [-0.15, -0.1) is 0 Å². The number of aromatic nitrogens is 3. The van der Waals surface area contributed by atoms with Gasteiger partial charge in [0.05, 0.1) is 0 Å². The van der Waals surface area contributed by atoms with E-state index in [2.05, 4.69) is 33.7 Å². The highest BCUT2D eigenvalue weighted by molar-refractivity contribution is 6.34. The summed E-state index contributed by atoms with van der Waals surface area (Å²) in [6, 6.07) is 5.14. The van der Waals surface area contributed by atoms with Gasteiger partial charge in [0.1, 0.15) is 5.75 Å². The fourth-order valence-corrected chi connectivity index (χ4v) is 3.59. The summed E-state index contributed by atoms with van der Waals surface area (Å²) in [7, 11) is 2.11. The van der Waals surface area contributed by atoms with Crippen LogP contribution in [-0.2, 0) is 0 Å². The molecule has 1 fully saturated rings. The molecule has 0 saturated carbocycles. The maximum absolute atomic E-state index is 6.17. The fourth-order valence-electron chi connectivity index (χ4n) is 3.08. The molecule has 0 aliphatic carbocycles. The number of piperazine rings is 1. The molecule has 1 saturated heterocycles. The first-order chi connectivity index (χ1) is 13.4. The predicted octanol–water partition coefficient (Wildman–Crippen LogP) is 3.82. The van der Waals surface area contributed by atoms with Crippen molar-refractivity contribution in [3.8, 4) is 5.75 Å². The molecule has 0 bridgehead atoms. The molecule has 2 N–H and O–H groups in total. The van der Waals surface area contributed by atoms with Crippen LogP contribution in [0.1, 0.15) is 38.1 Å². The topological polar surface area (TPSA) is 80.4 Å². The number of likely N-dealkylation sites (N-methyl/N-ethyl adjacent to an activating group) is 1. The summed E-state index contributed by atoms with van der Waals surface area (Å²) in [5, 5.41) is 1.04. The summed E-state index contributed by atoms with van der Waals surface area (Å²) in [6.07, 6.45) is 2.40. The number of ether oxygens (including phenoxy) is 1. The van der Waals surface area contributed by atoms with E-state index in [1.807, 2.05) is 0 Å². The zero-order valence-electron chi connectivity index (χ0n) is 16.2. The standard InChI is InChI=1S/C19H26Cl2N6O/c1-3-4-5-16(28-15-11-13(20)10-14(21)12-15)17-23-18(22)25-19(24-17)27-8-6-26(2)7-9-27/h10-12,16H,3-9H2,1-2H3,(H2,22,23,24,25). The van der Waals surface area contributed by atoms with Crippen molar-refractivity contribution in [3.05, 3.63) is 34.1 Å². The van der Waals surface area contributed by atoms with Crippen LogP contribution in [0.2, 0.25) is 10.0 Å². The molecule has 2 heterocycles. The predicted molar refractivity (Wildman–Crippen MR) is 113 cm³/mol. The van der Waals surface area contributed by atoms with E-state index in [0.29, 0.717) is 27.6 Å². The number of benzene rings is 1. The number of anilines is 2. The molecule has 0 radical (unpaired) electrons. The molecule has 2 aromatic rings. The van der Waals surface area contributed by atoms with Crippen LogP contribution in [0.4, 0.5) is 11.9 Å². The lowest BCUT2D eigenvalue weighted by Gasteiger charge is -2.32. The lowest BCUT2D eigenvalue weighted by atomic mass is 10.1. The van der Waals surface area contributed by atoms with Gasteiger partial charge in [-0.25, -0.2) is 0 Å². The van der Waals surface area contributed by atoms with Crippen LogP contribution < -0.4 is 15.4 Å². The van der Waals surface area contributed by atoms with E-state index in [0.717, 1.165) is 45.4 Å². The zero-order valence-corrected chi connectivity index (χ0v) is 17.7. The molecular formula is C19H26Cl2N6O. The van der Waals surface area contributed by atoms with Crippen LogP contribution in [-0.4, -0.2) is 53.1 Å². The highest BCUT2D eigenvalue weighted by Gasteiger charge is 2.22. The largest absolute Gasteiger partial charge is 0.482 e. The van der Waals surface area contributed by atoms with Gasteiger partial charge in [-0.3, -0.25) is 0 Å². The average Bonchev–Trinajstić information content (AvgIpc) is 2.64. The number of nitrogens with zero attached hydrogens (tertiary/aromatic N) is 5. The Balaban J connectivity index is 1.86. The van der Waals surface area contributed by atoms with Crippen molar-refractivity contribution in [1.82, 2.24) is 19.9 Å². The van der Waals surface area contributed by atoms with E-state index in [1.54, 1.807) is 18.2 Å². The number of hydrogen-bond donors (Lipinski definition) is 1. The molecule has 0 spiro atoms. The second-order valence-electron chi connectivity index (χ2n) is 7.00. The Kier molecular flexibility index (Phi) is 7.15. The molecule has 1 aliphatic heterocycles.